The normalized spacial score (nSPS) is 18.8. The number of nitrogens with one attached hydrogen (secondary N) is 1. The SMILES string of the molecule is Cc1cc(N2CC[NH+](C3CCCC3)CC2)n2nc(C)c(-c3ccc(Cl)cc3)c2n1. The van der Waals surface area contributed by atoms with Gasteiger partial charge >= 0.3 is 0 Å². The second kappa shape index (κ2) is 7.62. The van der Waals surface area contributed by atoms with Gasteiger partial charge in [-0.3, -0.25) is 0 Å². The van der Waals surface area contributed by atoms with Gasteiger partial charge in [0.15, 0.2) is 5.65 Å². The molecule has 1 saturated heterocycles. The summed E-state index contributed by atoms with van der Waals surface area (Å²) in [7, 11) is 0. The Hall–Kier alpha value is -2.11. The van der Waals surface area contributed by atoms with E-state index in [-0.39, 0.29) is 0 Å². The van der Waals surface area contributed by atoms with E-state index >= 15 is 0 Å². The lowest BCUT2D eigenvalue weighted by molar-refractivity contribution is -0.925. The molecule has 5 rings (SSSR count). The molecular weight excluding hydrogens is 382 g/mol. The largest absolute Gasteiger partial charge is 0.345 e. The Morgan fingerprint density at radius 2 is 1.72 bits per heavy atom. The summed E-state index contributed by atoms with van der Waals surface area (Å²) < 4.78 is 2.05. The summed E-state index contributed by atoms with van der Waals surface area (Å²) in [6.45, 7) is 8.76. The topological polar surface area (TPSA) is 37.9 Å². The molecule has 1 saturated carbocycles. The highest BCUT2D eigenvalue weighted by Gasteiger charge is 2.30. The van der Waals surface area contributed by atoms with Crippen LogP contribution in [0.2, 0.25) is 5.02 Å². The number of aromatic nitrogens is 3. The van der Waals surface area contributed by atoms with E-state index in [1.807, 2.05) is 16.6 Å². The van der Waals surface area contributed by atoms with Crippen LogP contribution in [0.4, 0.5) is 5.82 Å². The standard InChI is InChI=1S/C23H28ClN5/c1-16-15-21(28-13-11-27(12-14-28)20-5-3-4-6-20)29-23(25-16)22(17(2)26-29)18-7-9-19(24)10-8-18/h7-10,15,20H,3-6,11-14H2,1-2H3/p+1. The van der Waals surface area contributed by atoms with Crippen LogP contribution in [-0.2, 0) is 0 Å². The Kier molecular flexibility index (Phi) is 4.96. The third-order valence-corrected chi connectivity index (χ3v) is 6.92. The molecule has 1 aliphatic carbocycles. The minimum absolute atomic E-state index is 0.746. The number of benzene rings is 1. The lowest BCUT2D eigenvalue weighted by Crippen LogP contribution is -3.18. The molecule has 29 heavy (non-hydrogen) atoms. The van der Waals surface area contributed by atoms with Gasteiger partial charge in [0.2, 0.25) is 0 Å². The van der Waals surface area contributed by atoms with Crippen molar-refractivity contribution in [3.05, 3.63) is 46.7 Å². The quantitative estimate of drug-likeness (QED) is 0.719. The molecule has 0 spiro atoms. The lowest BCUT2D eigenvalue weighted by Gasteiger charge is -2.36. The molecule has 5 nitrogen and oxygen atoms in total. The molecule has 3 heterocycles. The van der Waals surface area contributed by atoms with E-state index in [4.69, 9.17) is 21.7 Å². The number of quaternary nitrogens is 1. The smallest absolute Gasteiger partial charge is 0.165 e. The summed E-state index contributed by atoms with van der Waals surface area (Å²) in [6.07, 6.45) is 5.66. The van der Waals surface area contributed by atoms with Gasteiger partial charge in [-0.1, -0.05) is 23.7 Å². The zero-order valence-corrected chi connectivity index (χ0v) is 18.0. The maximum Gasteiger partial charge on any atom is 0.165 e. The summed E-state index contributed by atoms with van der Waals surface area (Å²) in [6, 6.07) is 11.0. The molecule has 1 aromatic carbocycles. The molecule has 0 atom stereocenters. The van der Waals surface area contributed by atoms with Crippen LogP contribution < -0.4 is 9.80 Å². The Morgan fingerprint density at radius 3 is 2.41 bits per heavy atom. The summed E-state index contributed by atoms with van der Waals surface area (Å²) >= 11 is 6.10. The van der Waals surface area contributed by atoms with Crippen LogP contribution in [0.5, 0.6) is 0 Å². The fourth-order valence-corrected chi connectivity index (χ4v) is 5.30. The molecule has 0 bridgehead atoms. The maximum absolute atomic E-state index is 6.10. The van der Waals surface area contributed by atoms with Gasteiger partial charge in [0.25, 0.3) is 0 Å². The first-order chi connectivity index (χ1) is 14.1. The van der Waals surface area contributed by atoms with E-state index in [2.05, 4.69) is 36.9 Å². The summed E-state index contributed by atoms with van der Waals surface area (Å²) in [5.74, 6) is 1.17. The van der Waals surface area contributed by atoms with Crippen LogP contribution in [0.15, 0.2) is 30.3 Å². The Labute approximate surface area is 177 Å². The number of fused-ring (bicyclic) bond motifs is 1. The van der Waals surface area contributed by atoms with Crippen molar-refractivity contribution < 1.29 is 4.90 Å². The van der Waals surface area contributed by atoms with Gasteiger partial charge in [0, 0.05) is 22.3 Å². The molecule has 2 fully saturated rings. The monoisotopic (exact) mass is 410 g/mol. The highest BCUT2D eigenvalue weighted by molar-refractivity contribution is 6.30. The Balaban J connectivity index is 1.49. The molecular formula is C23H29ClN5+. The molecule has 6 heteroatoms. The Bertz CT molecular complexity index is 1010. The molecule has 0 amide bonds. The van der Waals surface area contributed by atoms with Gasteiger partial charge < -0.3 is 9.80 Å². The summed E-state index contributed by atoms with van der Waals surface area (Å²) in [5.41, 5.74) is 5.18. The highest BCUT2D eigenvalue weighted by Crippen LogP contribution is 2.31. The van der Waals surface area contributed by atoms with Gasteiger partial charge in [0.1, 0.15) is 5.82 Å². The van der Waals surface area contributed by atoms with Crippen molar-refractivity contribution in [3.8, 4) is 11.1 Å². The summed E-state index contributed by atoms with van der Waals surface area (Å²) in [5, 5.41) is 5.64. The van der Waals surface area contributed by atoms with Gasteiger partial charge in [-0.25, -0.2) is 4.98 Å². The molecule has 0 unspecified atom stereocenters. The van der Waals surface area contributed by atoms with E-state index in [0.29, 0.717) is 0 Å². The van der Waals surface area contributed by atoms with E-state index in [0.717, 1.165) is 52.3 Å². The molecule has 3 aromatic rings. The van der Waals surface area contributed by atoms with E-state index in [9.17, 15) is 0 Å². The number of aryl methyl sites for hydroxylation is 2. The first-order valence-corrected chi connectivity index (χ1v) is 11.2. The fraction of sp³-hybridized carbons (Fsp3) is 0.478. The molecule has 152 valence electrons. The number of hydrogen-bond donors (Lipinski definition) is 1. The third-order valence-electron chi connectivity index (χ3n) is 6.67. The van der Waals surface area contributed by atoms with E-state index < -0.39 is 0 Å². The molecule has 2 aliphatic rings. The van der Waals surface area contributed by atoms with Crippen molar-refractivity contribution in [2.24, 2.45) is 0 Å². The van der Waals surface area contributed by atoms with Crippen molar-refractivity contribution in [1.82, 2.24) is 14.6 Å². The van der Waals surface area contributed by atoms with Crippen molar-refractivity contribution >= 4 is 23.1 Å². The number of rotatable bonds is 3. The maximum atomic E-state index is 6.10. The minimum Gasteiger partial charge on any atom is -0.345 e. The van der Waals surface area contributed by atoms with Gasteiger partial charge in [-0.15, -0.1) is 0 Å². The van der Waals surface area contributed by atoms with E-state index in [1.165, 1.54) is 44.6 Å². The van der Waals surface area contributed by atoms with Crippen LogP contribution in [0.25, 0.3) is 16.8 Å². The summed E-state index contributed by atoms with van der Waals surface area (Å²) in [4.78, 5) is 9.17. The minimum atomic E-state index is 0.746. The first-order valence-electron chi connectivity index (χ1n) is 10.8. The highest BCUT2D eigenvalue weighted by atomic mass is 35.5. The third kappa shape index (κ3) is 3.51. The fourth-order valence-electron chi connectivity index (χ4n) is 5.17. The van der Waals surface area contributed by atoms with Crippen LogP contribution in [0, 0.1) is 13.8 Å². The van der Waals surface area contributed by atoms with Crippen LogP contribution in [-0.4, -0.2) is 46.8 Å². The lowest BCUT2D eigenvalue weighted by atomic mass is 10.1. The number of halogens is 1. The first kappa shape index (κ1) is 18.9. The molecule has 1 aliphatic heterocycles. The predicted octanol–water partition coefficient (Wildman–Crippen LogP) is 3.31. The second-order valence-electron chi connectivity index (χ2n) is 8.59. The van der Waals surface area contributed by atoms with Crippen molar-refractivity contribution in [3.63, 3.8) is 0 Å². The molecule has 0 radical (unpaired) electrons. The molecule has 1 N–H and O–H groups in total. The van der Waals surface area contributed by atoms with Crippen LogP contribution in [0.3, 0.4) is 0 Å². The zero-order chi connectivity index (χ0) is 20.0. The van der Waals surface area contributed by atoms with Gasteiger partial charge in [-0.05, 0) is 57.2 Å². The van der Waals surface area contributed by atoms with Crippen LogP contribution >= 0.6 is 11.6 Å². The van der Waals surface area contributed by atoms with Crippen molar-refractivity contribution in [2.75, 3.05) is 31.1 Å². The number of hydrogen-bond acceptors (Lipinski definition) is 3. The number of nitrogens with zero attached hydrogens (tertiary/aromatic N) is 4. The van der Waals surface area contributed by atoms with Gasteiger partial charge in [-0.2, -0.15) is 9.61 Å². The number of piperazine rings is 1. The average molecular weight is 411 g/mol. The number of anilines is 1. The Morgan fingerprint density at radius 1 is 1.03 bits per heavy atom. The predicted molar refractivity (Wildman–Crippen MR) is 118 cm³/mol. The van der Waals surface area contributed by atoms with Crippen LogP contribution in [0.1, 0.15) is 37.1 Å². The zero-order valence-electron chi connectivity index (χ0n) is 17.3. The average Bonchev–Trinajstić information content (AvgIpc) is 3.36. The van der Waals surface area contributed by atoms with E-state index in [1.54, 1.807) is 4.90 Å². The molecule has 2 aromatic heterocycles. The van der Waals surface area contributed by atoms with Crippen molar-refractivity contribution in [2.45, 2.75) is 45.6 Å². The van der Waals surface area contributed by atoms with Gasteiger partial charge in [0.05, 0.1) is 37.9 Å². The van der Waals surface area contributed by atoms with Crippen molar-refractivity contribution in [1.29, 1.82) is 0 Å². The second-order valence-corrected chi connectivity index (χ2v) is 9.02.